The van der Waals surface area contributed by atoms with Gasteiger partial charge in [-0.05, 0) is 48.7 Å². The lowest BCUT2D eigenvalue weighted by Gasteiger charge is -2.12. The molecule has 1 heterocycles. The van der Waals surface area contributed by atoms with Crippen LogP contribution in [-0.2, 0) is 6.54 Å². The third-order valence-corrected chi connectivity index (χ3v) is 4.23. The molecule has 132 valence electrons. The zero-order chi connectivity index (χ0) is 18.7. The number of aryl methyl sites for hydroxylation is 2. The average Bonchev–Trinajstić information content (AvgIpc) is 2.62. The highest BCUT2D eigenvalue weighted by Crippen LogP contribution is 2.20. The molecule has 2 aromatic carbocycles. The largest absolute Gasteiger partial charge is 0.321 e. The molecule has 5 heteroatoms. The van der Waals surface area contributed by atoms with Gasteiger partial charge in [-0.1, -0.05) is 30.3 Å². The Balaban J connectivity index is 1.85. The molecule has 0 atom stereocenters. The number of aromatic nitrogens is 1. The summed E-state index contributed by atoms with van der Waals surface area (Å²) in [5.74, 6) is -0.613. The van der Waals surface area contributed by atoms with E-state index in [0.29, 0.717) is 5.56 Å². The molecular formula is C21H19FN2O2. The van der Waals surface area contributed by atoms with Gasteiger partial charge in [0.25, 0.3) is 11.5 Å². The minimum atomic E-state index is -0.331. The van der Waals surface area contributed by atoms with Crippen molar-refractivity contribution in [2.75, 3.05) is 5.32 Å². The molecule has 0 saturated heterocycles. The van der Waals surface area contributed by atoms with Gasteiger partial charge < -0.3 is 9.88 Å². The van der Waals surface area contributed by atoms with Crippen LogP contribution >= 0.6 is 0 Å². The molecule has 0 saturated carbocycles. The number of hydrogen-bond donors (Lipinski definition) is 1. The number of amides is 1. The minimum absolute atomic E-state index is 0.224. The first-order valence-corrected chi connectivity index (χ1v) is 8.26. The van der Waals surface area contributed by atoms with E-state index < -0.39 is 0 Å². The van der Waals surface area contributed by atoms with Crippen LogP contribution in [0.2, 0.25) is 0 Å². The summed E-state index contributed by atoms with van der Waals surface area (Å²) in [6.07, 6.45) is 1.52. The molecule has 0 unspecified atom stereocenters. The van der Waals surface area contributed by atoms with Crippen molar-refractivity contribution in [1.82, 2.24) is 4.57 Å². The third-order valence-electron chi connectivity index (χ3n) is 4.23. The Morgan fingerprint density at radius 2 is 1.65 bits per heavy atom. The second-order valence-corrected chi connectivity index (χ2v) is 6.23. The quantitative estimate of drug-likeness (QED) is 0.776. The van der Waals surface area contributed by atoms with Gasteiger partial charge in [0.1, 0.15) is 5.82 Å². The van der Waals surface area contributed by atoms with E-state index in [9.17, 15) is 14.0 Å². The number of anilines is 1. The maximum Gasteiger partial charge on any atom is 0.257 e. The second-order valence-electron chi connectivity index (χ2n) is 6.23. The molecule has 4 nitrogen and oxygen atoms in total. The zero-order valence-electron chi connectivity index (χ0n) is 14.6. The number of rotatable bonds is 4. The lowest BCUT2D eigenvalue weighted by Crippen LogP contribution is -2.23. The first kappa shape index (κ1) is 17.6. The highest BCUT2D eigenvalue weighted by Gasteiger charge is 2.11. The molecule has 0 aliphatic carbocycles. The molecule has 1 amide bonds. The molecular weight excluding hydrogens is 331 g/mol. The first-order chi connectivity index (χ1) is 12.4. The number of para-hydroxylation sites is 1. The van der Waals surface area contributed by atoms with Crippen LogP contribution in [0.25, 0.3) is 0 Å². The molecule has 0 radical (unpaired) electrons. The molecule has 3 aromatic rings. The van der Waals surface area contributed by atoms with E-state index in [0.717, 1.165) is 22.4 Å². The van der Waals surface area contributed by atoms with E-state index in [4.69, 9.17) is 0 Å². The Bertz CT molecular complexity index is 987. The second kappa shape index (κ2) is 7.35. The Morgan fingerprint density at radius 3 is 2.31 bits per heavy atom. The third kappa shape index (κ3) is 3.88. The predicted molar refractivity (Wildman–Crippen MR) is 100 cm³/mol. The maximum atomic E-state index is 13.0. The number of carbonyl (C=O) groups is 1. The summed E-state index contributed by atoms with van der Waals surface area (Å²) in [5, 5.41) is 2.91. The van der Waals surface area contributed by atoms with Crippen molar-refractivity contribution in [1.29, 1.82) is 0 Å². The van der Waals surface area contributed by atoms with Gasteiger partial charge in [0.05, 0.1) is 12.1 Å². The van der Waals surface area contributed by atoms with Crippen molar-refractivity contribution >= 4 is 11.6 Å². The van der Waals surface area contributed by atoms with Gasteiger partial charge in [0.2, 0.25) is 0 Å². The number of halogens is 1. The van der Waals surface area contributed by atoms with Gasteiger partial charge in [-0.3, -0.25) is 9.59 Å². The Labute approximate surface area is 150 Å². The number of benzene rings is 2. The SMILES string of the molecule is Cc1cccc(C)c1NC(=O)c1ccc(=O)n(Cc2ccc(F)cc2)c1. The minimum Gasteiger partial charge on any atom is -0.321 e. The van der Waals surface area contributed by atoms with Gasteiger partial charge >= 0.3 is 0 Å². The summed E-state index contributed by atoms with van der Waals surface area (Å²) in [7, 11) is 0. The van der Waals surface area contributed by atoms with E-state index in [2.05, 4.69) is 5.32 Å². The molecule has 0 spiro atoms. The molecule has 3 rings (SSSR count). The molecule has 0 aliphatic heterocycles. The summed E-state index contributed by atoms with van der Waals surface area (Å²) in [4.78, 5) is 24.7. The fourth-order valence-electron chi connectivity index (χ4n) is 2.77. The van der Waals surface area contributed by atoms with E-state index in [-0.39, 0.29) is 23.8 Å². The lowest BCUT2D eigenvalue weighted by molar-refractivity contribution is 0.102. The summed E-state index contributed by atoms with van der Waals surface area (Å²) < 4.78 is 14.5. The van der Waals surface area contributed by atoms with Gasteiger partial charge in [-0.2, -0.15) is 0 Å². The smallest absolute Gasteiger partial charge is 0.257 e. The van der Waals surface area contributed by atoms with Crippen LogP contribution in [0.1, 0.15) is 27.0 Å². The molecule has 1 N–H and O–H groups in total. The monoisotopic (exact) mass is 350 g/mol. The number of nitrogens with one attached hydrogen (secondary N) is 1. The van der Waals surface area contributed by atoms with Crippen LogP contribution in [0.5, 0.6) is 0 Å². The lowest BCUT2D eigenvalue weighted by atomic mass is 10.1. The van der Waals surface area contributed by atoms with Gasteiger partial charge in [-0.25, -0.2) is 4.39 Å². The number of nitrogens with zero attached hydrogens (tertiary/aromatic N) is 1. The van der Waals surface area contributed by atoms with Crippen molar-refractivity contribution in [2.24, 2.45) is 0 Å². The fourth-order valence-corrected chi connectivity index (χ4v) is 2.77. The van der Waals surface area contributed by atoms with Gasteiger partial charge in [0, 0.05) is 18.0 Å². The standard InChI is InChI=1S/C21H19FN2O2/c1-14-4-3-5-15(2)20(14)23-21(26)17-8-11-19(25)24(13-17)12-16-6-9-18(22)10-7-16/h3-11,13H,12H2,1-2H3,(H,23,26). The van der Waals surface area contributed by atoms with E-state index >= 15 is 0 Å². The fraction of sp³-hybridized carbons (Fsp3) is 0.143. The maximum absolute atomic E-state index is 13.0. The summed E-state index contributed by atoms with van der Waals surface area (Å²) >= 11 is 0. The predicted octanol–water partition coefficient (Wildman–Crippen LogP) is 3.90. The topological polar surface area (TPSA) is 51.1 Å². The normalized spacial score (nSPS) is 10.6. The van der Waals surface area contributed by atoms with E-state index in [1.165, 1.54) is 35.0 Å². The first-order valence-electron chi connectivity index (χ1n) is 8.26. The van der Waals surface area contributed by atoms with Crippen LogP contribution in [0.4, 0.5) is 10.1 Å². The van der Waals surface area contributed by atoms with Gasteiger partial charge in [0.15, 0.2) is 0 Å². The van der Waals surface area contributed by atoms with Crippen LogP contribution in [0.15, 0.2) is 65.6 Å². The van der Waals surface area contributed by atoms with E-state index in [1.54, 1.807) is 12.1 Å². The number of pyridine rings is 1. The van der Waals surface area contributed by atoms with Crippen LogP contribution in [0, 0.1) is 19.7 Å². The Kier molecular flexibility index (Phi) is 4.98. The number of hydrogen-bond acceptors (Lipinski definition) is 2. The molecule has 1 aromatic heterocycles. The van der Waals surface area contributed by atoms with Crippen LogP contribution < -0.4 is 10.9 Å². The van der Waals surface area contributed by atoms with Crippen molar-refractivity contribution < 1.29 is 9.18 Å². The number of carbonyl (C=O) groups excluding carboxylic acids is 1. The van der Waals surface area contributed by atoms with Crippen molar-refractivity contribution in [3.63, 3.8) is 0 Å². The average molecular weight is 350 g/mol. The highest BCUT2D eigenvalue weighted by molar-refractivity contribution is 6.04. The van der Waals surface area contributed by atoms with E-state index in [1.807, 2.05) is 32.0 Å². The molecule has 0 fully saturated rings. The van der Waals surface area contributed by atoms with Crippen molar-refractivity contribution in [2.45, 2.75) is 20.4 Å². The van der Waals surface area contributed by atoms with Crippen LogP contribution in [0.3, 0.4) is 0 Å². The molecule has 0 bridgehead atoms. The summed E-state index contributed by atoms with van der Waals surface area (Å²) in [6.45, 7) is 4.12. The summed E-state index contributed by atoms with van der Waals surface area (Å²) in [6, 6.07) is 14.6. The molecule has 0 aliphatic rings. The van der Waals surface area contributed by atoms with Gasteiger partial charge in [-0.15, -0.1) is 0 Å². The van der Waals surface area contributed by atoms with Crippen LogP contribution in [-0.4, -0.2) is 10.5 Å². The molecule has 26 heavy (non-hydrogen) atoms. The Morgan fingerprint density at radius 1 is 1.00 bits per heavy atom. The Hall–Kier alpha value is -3.21. The highest BCUT2D eigenvalue weighted by atomic mass is 19.1. The zero-order valence-corrected chi connectivity index (χ0v) is 14.6. The van der Waals surface area contributed by atoms with Crippen molar-refractivity contribution in [3.05, 3.63) is 99.2 Å². The van der Waals surface area contributed by atoms with Crippen molar-refractivity contribution in [3.8, 4) is 0 Å². The summed E-state index contributed by atoms with van der Waals surface area (Å²) in [5.41, 5.74) is 3.65.